The Morgan fingerprint density at radius 1 is 1.33 bits per heavy atom. The zero-order chi connectivity index (χ0) is 13.1. The average molecular weight is 261 g/mol. The minimum absolute atomic E-state index is 0.263. The predicted octanol–water partition coefficient (Wildman–Crippen LogP) is 3.68. The zero-order valence-electron chi connectivity index (χ0n) is 10.4. The van der Waals surface area contributed by atoms with E-state index < -0.39 is 5.97 Å². The lowest BCUT2D eigenvalue weighted by atomic mass is 10.1. The monoisotopic (exact) mass is 261 g/mol. The van der Waals surface area contributed by atoms with Crippen LogP contribution in [0.4, 0.5) is 0 Å². The van der Waals surface area contributed by atoms with Crippen LogP contribution in [0, 0.1) is 5.92 Å². The van der Waals surface area contributed by atoms with Crippen molar-refractivity contribution < 1.29 is 9.90 Å². The molecule has 0 spiro atoms. The second-order valence-electron chi connectivity index (χ2n) is 4.53. The second-order valence-corrected chi connectivity index (χ2v) is 5.54. The molecule has 0 unspecified atom stereocenters. The number of aromatic nitrogens is 1. The fourth-order valence-electron chi connectivity index (χ4n) is 1.70. The smallest absolute Gasteiger partial charge is 0.337 e. The first-order valence-electron chi connectivity index (χ1n) is 5.83. The molecule has 0 aliphatic carbocycles. The van der Waals surface area contributed by atoms with E-state index in [0.717, 1.165) is 21.6 Å². The summed E-state index contributed by atoms with van der Waals surface area (Å²) in [7, 11) is 0. The Bertz CT molecular complexity index is 581. The maximum absolute atomic E-state index is 11.1. The largest absolute Gasteiger partial charge is 0.478 e. The Balaban J connectivity index is 2.50. The molecule has 0 amide bonds. The van der Waals surface area contributed by atoms with Gasteiger partial charge in [0.05, 0.1) is 5.56 Å². The van der Waals surface area contributed by atoms with Crippen LogP contribution in [0.15, 0.2) is 35.5 Å². The topological polar surface area (TPSA) is 50.2 Å². The number of hydrogen-bond acceptors (Lipinski definition) is 3. The molecule has 1 heterocycles. The minimum Gasteiger partial charge on any atom is -0.478 e. The van der Waals surface area contributed by atoms with Gasteiger partial charge in [0, 0.05) is 22.7 Å². The highest BCUT2D eigenvalue weighted by Gasteiger charge is 2.12. The maximum atomic E-state index is 11.1. The summed E-state index contributed by atoms with van der Waals surface area (Å²) < 4.78 is 0. The number of rotatable bonds is 4. The number of aromatic carboxylic acids is 1. The highest BCUT2D eigenvalue weighted by molar-refractivity contribution is 7.99. The fraction of sp³-hybridized carbons (Fsp3) is 0.286. The van der Waals surface area contributed by atoms with Crippen LogP contribution in [0.2, 0.25) is 0 Å². The molecule has 94 valence electrons. The van der Waals surface area contributed by atoms with Crippen molar-refractivity contribution >= 4 is 28.5 Å². The lowest BCUT2D eigenvalue weighted by Crippen LogP contribution is -2.00. The third-order valence-electron chi connectivity index (χ3n) is 2.54. The first-order valence-corrected chi connectivity index (χ1v) is 6.82. The Kier molecular flexibility index (Phi) is 3.87. The Morgan fingerprint density at radius 2 is 2.00 bits per heavy atom. The van der Waals surface area contributed by atoms with Crippen LogP contribution >= 0.6 is 11.8 Å². The van der Waals surface area contributed by atoms with Crippen LogP contribution in [0.25, 0.3) is 10.8 Å². The number of nitrogens with zero attached hydrogens (tertiary/aromatic N) is 1. The lowest BCUT2D eigenvalue weighted by molar-refractivity contribution is 0.0698. The predicted molar refractivity (Wildman–Crippen MR) is 74.3 cm³/mol. The average Bonchev–Trinajstić information content (AvgIpc) is 2.35. The summed E-state index contributed by atoms with van der Waals surface area (Å²) in [5, 5.41) is 11.7. The van der Waals surface area contributed by atoms with Gasteiger partial charge in [0.15, 0.2) is 0 Å². The van der Waals surface area contributed by atoms with Crippen LogP contribution < -0.4 is 0 Å². The number of carboxylic acids is 1. The van der Waals surface area contributed by atoms with Crippen molar-refractivity contribution in [1.29, 1.82) is 0 Å². The molecule has 0 atom stereocenters. The van der Waals surface area contributed by atoms with Crippen molar-refractivity contribution in [3.63, 3.8) is 0 Å². The zero-order valence-corrected chi connectivity index (χ0v) is 11.2. The van der Waals surface area contributed by atoms with Crippen molar-refractivity contribution in [3.8, 4) is 0 Å². The van der Waals surface area contributed by atoms with E-state index in [2.05, 4.69) is 18.8 Å². The first-order chi connectivity index (χ1) is 8.59. The molecular weight excluding hydrogens is 246 g/mol. The number of thioether (sulfide) groups is 1. The van der Waals surface area contributed by atoms with E-state index in [1.807, 2.05) is 24.3 Å². The summed E-state index contributed by atoms with van der Waals surface area (Å²) in [4.78, 5) is 15.4. The lowest BCUT2D eigenvalue weighted by Gasteiger charge is -2.09. The van der Waals surface area contributed by atoms with E-state index in [1.54, 1.807) is 11.8 Å². The van der Waals surface area contributed by atoms with Crippen molar-refractivity contribution in [2.24, 2.45) is 5.92 Å². The standard InChI is InChI=1S/C14H15NO2S/c1-9(2)8-18-13-11-6-4-3-5-10(11)12(7-15-13)14(16)17/h3-7,9H,8H2,1-2H3,(H,16,17). The van der Waals surface area contributed by atoms with Crippen LogP contribution in [-0.4, -0.2) is 21.8 Å². The first kappa shape index (κ1) is 12.9. The Hall–Kier alpha value is -1.55. The van der Waals surface area contributed by atoms with E-state index in [-0.39, 0.29) is 5.56 Å². The van der Waals surface area contributed by atoms with Crippen molar-refractivity contribution in [3.05, 3.63) is 36.0 Å². The van der Waals surface area contributed by atoms with Gasteiger partial charge in [-0.1, -0.05) is 38.1 Å². The Morgan fingerprint density at radius 3 is 2.61 bits per heavy atom. The van der Waals surface area contributed by atoms with Crippen molar-refractivity contribution in [2.45, 2.75) is 18.9 Å². The number of fused-ring (bicyclic) bond motifs is 1. The van der Waals surface area contributed by atoms with Crippen LogP contribution in [0.5, 0.6) is 0 Å². The summed E-state index contributed by atoms with van der Waals surface area (Å²) in [6.07, 6.45) is 1.45. The molecule has 0 fully saturated rings. The maximum Gasteiger partial charge on any atom is 0.337 e. The highest BCUT2D eigenvalue weighted by Crippen LogP contribution is 2.29. The van der Waals surface area contributed by atoms with Crippen LogP contribution in [0.3, 0.4) is 0 Å². The fourth-order valence-corrected chi connectivity index (χ4v) is 2.65. The number of benzene rings is 1. The summed E-state index contributed by atoms with van der Waals surface area (Å²) in [6, 6.07) is 7.53. The van der Waals surface area contributed by atoms with Gasteiger partial charge in [-0.3, -0.25) is 0 Å². The molecule has 2 rings (SSSR count). The molecule has 1 aromatic heterocycles. The van der Waals surface area contributed by atoms with Gasteiger partial charge in [0.1, 0.15) is 5.03 Å². The molecule has 3 nitrogen and oxygen atoms in total. The van der Waals surface area contributed by atoms with E-state index in [1.165, 1.54) is 6.20 Å². The molecule has 4 heteroatoms. The number of carbonyl (C=O) groups is 1. The van der Waals surface area contributed by atoms with Gasteiger partial charge >= 0.3 is 5.97 Å². The molecule has 18 heavy (non-hydrogen) atoms. The molecule has 0 aliphatic heterocycles. The molecule has 0 saturated carbocycles. The quantitative estimate of drug-likeness (QED) is 0.853. The van der Waals surface area contributed by atoms with Gasteiger partial charge in [-0.2, -0.15) is 0 Å². The van der Waals surface area contributed by atoms with E-state index in [4.69, 9.17) is 5.11 Å². The molecule has 1 aromatic carbocycles. The molecule has 0 radical (unpaired) electrons. The van der Waals surface area contributed by atoms with E-state index in [9.17, 15) is 4.79 Å². The second kappa shape index (κ2) is 5.40. The third-order valence-corrected chi connectivity index (χ3v) is 3.97. The summed E-state index contributed by atoms with van der Waals surface area (Å²) >= 11 is 1.67. The number of hydrogen-bond donors (Lipinski definition) is 1. The van der Waals surface area contributed by atoms with Gasteiger partial charge in [-0.25, -0.2) is 9.78 Å². The molecule has 2 aromatic rings. The molecular formula is C14H15NO2S. The van der Waals surface area contributed by atoms with Crippen LogP contribution in [-0.2, 0) is 0 Å². The number of carboxylic acid groups (broad SMARTS) is 1. The molecule has 1 N–H and O–H groups in total. The van der Waals surface area contributed by atoms with E-state index in [0.29, 0.717) is 5.92 Å². The Labute approximate surface area is 110 Å². The SMILES string of the molecule is CC(C)CSc1ncc(C(=O)O)c2ccccc12. The van der Waals surface area contributed by atoms with E-state index >= 15 is 0 Å². The van der Waals surface area contributed by atoms with Gasteiger partial charge in [-0.15, -0.1) is 11.8 Å². The summed E-state index contributed by atoms with van der Waals surface area (Å²) in [6.45, 7) is 4.31. The van der Waals surface area contributed by atoms with Gasteiger partial charge in [0.2, 0.25) is 0 Å². The van der Waals surface area contributed by atoms with Gasteiger partial charge in [-0.05, 0) is 5.92 Å². The molecule has 0 saturated heterocycles. The van der Waals surface area contributed by atoms with Crippen molar-refractivity contribution in [2.75, 3.05) is 5.75 Å². The minimum atomic E-state index is -0.931. The summed E-state index contributed by atoms with van der Waals surface area (Å²) in [5.41, 5.74) is 0.263. The summed E-state index contributed by atoms with van der Waals surface area (Å²) in [5.74, 6) is 0.623. The van der Waals surface area contributed by atoms with Crippen LogP contribution in [0.1, 0.15) is 24.2 Å². The van der Waals surface area contributed by atoms with Crippen molar-refractivity contribution in [1.82, 2.24) is 4.98 Å². The molecule has 0 aliphatic rings. The van der Waals surface area contributed by atoms with Gasteiger partial charge < -0.3 is 5.11 Å². The molecule has 0 bridgehead atoms. The number of pyridine rings is 1. The van der Waals surface area contributed by atoms with Gasteiger partial charge in [0.25, 0.3) is 0 Å². The highest BCUT2D eigenvalue weighted by atomic mass is 32.2. The third kappa shape index (κ3) is 2.64. The normalized spacial score (nSPS) is 11.1.